The Morgan fingerprint density at radius 2 is 1.81 bits per heavy atom. The van der Waals surface area contributed by atoms with Gasteiger partial charge in [-0.2, -0.15) is 0 Å². The second kappa shape index (κ2) is 5.08. The van der Waals surface area contributed by atoms with Gasteiger partial charge in [0.25, 0.3) is 0 Å². The molecule has 2 saturated carbocycles. The van der Waals surface area contributed by atoms with E-state index in [2.05, 4.69) is 26.1 Å². The zero-order valence-electron chi connectivity index (χ0n) is 11.4. The lowest BCUT2D eigenvalue weighted by Crippen LogP contribution is -2.34. The maximum atomic E-state index is 3.74. The third kappa shape index (κ3) is 3.23. The highest BCUT2D eigenvalue weighted by Crippen LogP contribution is 2.47. The second-order valence-electron chi connectivity index (χ2n) is 6.74. The van der Waals surface area contributed by atoms with Crippen LogP contribution in [0.1, 0.15) is 65.7 Å². The summed E-state index contributed by atoms with van der Waals surface area (Å²) < 4.78 is 0. The normalized spacial score (nSPS) is 34.7. The first kappa shape index (κ1) is 12.4. The fourth-order valence-corrected chi connectivity index (χ4v) is 3.00. The fourth-order valence-electron chi connectivity index (χ4n) is 3.00. The van der Waals surface area contributed by atoms with Crippen LogP contribution in [0.4, 0.5) is 0 Å². The van der Waals surface area contributed by atoms with Crippen LogP contribution < -0.4 is 5.32 Å². The van der Waals surface area contributed by atoms with Gasteiger partial charge in [-0.15, -0.1) is 0 Å². The zero-order chi connectivity index (χ0) is 11.6. The van der Waals surface area contributed by atoms with Crippen molar-refractivity contribution in [1.29, 1.82) is 0 Å². The van der Waals surface area contributed by atoms with E-state index in [9.17, 15) is 0 Å². The minimum Gasteiger partial charge on any atom is -0.314 e. The van der Waals surface area contributed by atoms with Gasteiger partial charge in [-0.1, -0.05) is 39.5 Å². The van der Waals surface area contributed by atoms with E-state index in [1.807, 2.05) is 0 Å². The highest BCUT2D eigenvalue weighted by molar-refractivity contribution is 4.96. The molecule has 2 aliphatic carbocycles. The second-order valence-corrected chi connectivity index (χ2v) is 6.74. The van der Waals surface area contributed by atoms with Crippen molar-refractivity contribution in [3.8, 4) is 0 Å². The molecule has 2 fully saturated rings. The Hall–Kier alpha value is -0.0400. The van der Waals surface area contributed by atoms with Crippen molar-refractivity contribution >= 4 is 0 Å². The average molecular weight is 223 g/mol. The summed E-state index contributed by atoms with van der Waals surface area (Å²) >= 11 is 0. The molecule has 0 aliphatic heterocycles. The Kier molecular flexibility index (Phi) is 3.94. The summed E-state index contributed by atoms with van der Waals surface area (Å²) in [6, 6.07) is 0.731. The molecule has 1 heteroatoms. The lowest BCUT2D eigenvalue weighted by atomic mass is 9.81. The van der Waals surface area contributed by atoms with Crippen LogP contribution in [0.5, 0.6) is 0 Å². The summed E-state index contributed by atoms with van der Waals surface area (Å²) in [5.41, 5.74) is 0.640. The lowest BCUT2D eigenvalue weighted by Gasteiger charge is -2.27. The highest BCUT2D eigenvalue weighted by atomic mass is 14.9. The molecule has 2 aliphatic rings. The predicted octanol–water partition coefficient (Wildman–Crippen LogP) is 3.98. The third-order valence-corrected chi connectivity index (χ3v) is 5.22. The Balaban J connectivity index is 1.57. The molecule has 1 atom stereocenters. The van der Waals surface area contributed by atoms with E-state index in [0.29, 0.717) is 5.41 Å². The molecule has 0 radical (unpaired) electrons. The monoisotopic (exact) mass is 223 g/mol. The minimum absolute atomic E-state index is 0.640. The molecule has 0 aromatic rings. The van der Waals surface area contributed by atoms with Crippen molar-refractivity contribution in [3.63, 3.8) is 0 Å². The summed E-state index contributed by atoms with van der Waals surface area (Å²) in [5.74, 6) is 2.01. The standard InChI is InChI=1S/C15H29N/c1-12-4-6-14(7-5-12)8-11-16-13(2)15(3)9-10-15/h12-14,16H,4-11H2,1-3H3. The number of nitrogens with one attached hydrogen (secondary N) is 1. The topological polar surface area (TPSA) is 12.0 Å². The van der Waals surface area contributed by atoms with Crippen LogP contribution in [0, 0.1) is 17.3 Å². The van der Waals surface area contributed by atoms with Gasteiger partial charge in [0.2, 0.25) is 0 Å². The SMILES string of the molecule is CC1CCC(CCNC(C)C2(C)CC2)CC1. The van der Waals surface area contributed by atoms with Crippen LogP contribution in [-0.2, 0) is 0 Å². The average Bonchev–Trinajstić information content (AvgIpc) is 3.01. The van der Waals surface area contributed by atoms with Gasteiger partial charge < -0.3 is 5.32 Å². The predicted molar refractivity (Wildman–Crippen MR) is 70.5 cm³/mol. The van der Waals surface area contributed by atoms with Gasteiger partial charge in [-0.3, -0.25) is 0 Å². The Bertz CT molecular complexity index is 211. The first-order valence-electron chi connectivity index (χ1n) is 7.33. The van der Waals surface area contributed by atoms with Crippen molar-refractivity contribution < 1.29 is 0 Å². The molecule has 0 aromatic carbocycles. The van der Waals surface area contributed by atoms with Crippen LogP contribution in [-0.4, -0.2) is 12.6 Å². The molecule has 1 nitrogen and oxygen atoms in total. The van der Waals surface area contributed by atoms with Crippen LogP contribution in [0.15, 0.2) is 0 Å². The molecule has 0 spiro atoms. The van der Waals surface area contributed by atoms with E-state index in [4.69, 9.17) is 0 Å². The van der Waals surface area contributed by atoms with Crippen molar-refractivity contribution in [2.24, 2.45) is 17.3 Å². The lowest BCUT2D eigenvalue weighted by molar-refractivity contribution is 0.267. The van der Waals surface area contributed by atoms with Gasteiger partial charge >= 0.3 is 0 Å². The summed E-state index contributed by atoms with van der Waals surface area (Å²) in [6.07, 6.45) is 10.2. The summed E-state index contributed by atoms with van der Waals surface area (Å²) in [7, 11) is 0. The van der Waals surface area contributed by atoms with E-state index < -0.39 is 0 Å². The quantitative estimate of drug-likeness (QED) is 0.743. The molecule has 0 aromatic heterocycles. The third-order valence-electron chi connectivity index (χ3n) is 5.22. The first-order chi connectivity index (χ1) is 7.60. The molecule has 2 rings (SSSR count). The number of hydrogen-bond acceptors (Lipinski definition) is 1. The Morgan fingerprint density at radius 1 is 1.19 bits per heavy atom. The van der Waals surface area contributed by atoms with Crippen molar-refractivity contribution in [3.05, 3.63) is 0 Å². The van der Waals surface area contributed by atoms with Gasteiger partial charge in [0.15, 0.2) is 0 Å². The van der Waals surface area contributed by atoms with Gasteiger partial charge in [0.1, 0.15) is 0 Å². The number of hydrogen-bond donors (Lipinski definition) is 1. The molecular formula is C15H29N. The van der Waals surface area contributed by atoms with Gasteiger partial charge in [0, 0.05) is 6.04 Å². The Morgan fingerprint density at radius 3 is 2.38 bits per heavy atom. The molecule has 0 amide bonds. The molecule has 0 saturated heterocycles. The summed E-state index contributed by atoms with van der Waals surface area (Å²) in [6.45, 7) is 8.45. The van der Waals surface area contributed by atoms with Crippen LogP contribution in [0.25, 0.3) is 0 Å². The van der Waals surface area contributed by atoms with E-state index in [1.54, 1.807) is 0 Å². The smallest absolute Gasteiger partial charge is 0.00925 e. The molecule has 0 heterocycles. The molecule has 0 bridgehead atoms. The van der Waals surface area contributed by atoms with Crippen molar-refractivity contribution in [2.45, 2.75) is 71.8 Å². The molecule has 16 heavy (non-hydrogen) atoms. The van der Waals surface area contributed by atoms with Gasteiger partial charge in [-0.25, -0.2) is 0 Å². The molecule has 1 N–H and O–H groups in total. The van der Waals surface area contributed by atoms with E-state index in [-0.39, 0.29) is 0 Å². The van der Waals surface area contributed by atoms with Crippen molar-refractivity contribution in [2.75, 3.05) is 6.54 Å². The van der Waals surface area contributed by atoms with Crippen molar-refractivity contribution in [1.82, 2.24) is 5.32 Å². The van der Waals surface area contributed by atoms with Gasteiger partial charge in [-0.05, 0) is 50.0 Å². The van der Waals surface area contributed by atoms with E-state index >= 15 is 0 Å². The van der Waals surface area contributed by atoms with Crippen LogP contribution >= 0.6 is 0 Å². The summed E-state index contributed by atoms with van der Waals surface area (Å²) in [5, 5.41) is 3.74. The maximum Gasteiger partial charge on any atom is 0.00925 e. The van der Waals surface area contributed by atoms with E-state index in [0.717, 1.165) is 17.9 Å². The fraction of sp³-hybridized carbons (Fsp3) is 1.00. The molecular weight excluding hydrogens is 194 g/mol. The van der Waals surface area contributed by atoms with Crippen LogP contribution in [0.3, 0.4) is 0 Å². The molecule has 94 valence electrons. The highest BCUT2D eigenvalue weighted by Gasteiger charge is 2.42. The van der Waals surface area contributed by atoms with E-state index in [1.165, 1.54) is 51.5 Å². The zero-order valence-corrected chi connectivity index (χ0v) is 11.4. The largest absolute Gasteiger partial charge is 0.314 e. The Labute approximate surface area is 101 Å². The summed E-state index contributed by atoms with van der Waals surface area (Å²) in [4.78, 5) is 0. The van der Waals surface area contributed by atoms with Crippen LogP contribution in [0.2, 0.25) is 0 Å². The minimum atomic E-state index is 0.640. The maximum absolute atomic E-state index is 3.74. The first-order valence-corrected chi connectivity index (χ1v) is 7.33. The number of rotatable bonds is 5. The molecule has 1 unspecified atom stereocenters. The van der Waals surface area contributed by atoms with Gasteiger partial charge in [0.05, 0.1) is 0 Å².